The molecule has 7 heteroatoms. The number of rotatable bonds is 5. The van der Waals surface area contributed by atoms with Crippen LogP contribution in [0.25, 0.3) is 10.9 Å². The van der Waals surface area contributed by atoms with Crippen molar-refractivity contribution >= 4 is 16.8 Å². The molecule has 2 aromatic heterocycles. The molecule has 0 spiro atoms. The number of para-hydroxylation sites is 1. The van der Waals surface area contributed by atoms with Gasteiger partial charge < -0.3 is 14.8 Å². The number of carbonyl (C=O) groups excluding carboxylic acids is 1. The molecule has 3 heterocycles. The Bertz CT molecular complexity index is 881. The molecule has 134 valence electrons. The lowest BCUT2D eigenvalue weighted by Gasteiger charge is -2.31. The normalized spacial score (nSPS) is 20.2. The highest BCUT2D eigenvalue weighted by molar-refractivity contribution is 6.04. The number of fused-ring (bicyclic) bond motifs is 1. The van der Waals surface area contributed by atoms with Crippen LogP contribution in [0.3, 0.4) is 0 Å². The van der Waals surface area contributed by atoms with Gasteiger partial charge >= 0.3 is 0 Å². The van der Waals surface area contributed by atoms with E-state index < -0.39 is 0 Å². The minimum Gasteiger partial charge on any atom is -0.379 e. The highest BCUT2D eigenvalue weighted by atomic mass is 16.5. The van der Waals surface area contributed by atoms with Crippen LogP contribution in [0.5, 0.6) is 0 Å². The Kier molecular flexibility index (Phi) is 4.90. The van der Waals surface area contributed by atoms with E-state index in [2.05, 4.69) is 20.5 Å². The van der Waals surface area contributed by atoms with Gasteiger partial charge in [0, 0.05) is 18.2 Å². The van der Waals surface area contributed by atoms with Gasteiger partial charge in [0.25, 0.3) is 5.91 Å². The Morgan fingerprint density at radius 2 is 2.15 bits per heavy atom. The van der Waals surface area contributed by atoms with Crippen LogP contribution >= 0.6 is 0 Å². The van der Waals surface area contributed by atoms with Crippen molar-refractivity contribution in [2.75, 3.05) is 13.2 Å². The molecule has 1 aliphatic rings. The summed E-state index contributed by atoms with van der Waals surface area (Å²) in [6.45, 7) is 1.42. The van der Waals surface area contributed by atoms with Gasteiger partial charge in [0.1, 0.15) is 6.10 Å². The number of benzene rings is 1. The third-order valence-electron chi connectivity index (χ3n) is 4.48. The second-order valence-electron chi connectivity index (χ2n) is 6.23. The predicted molar refractivity (Wildman–Crippen MR) is 95.6 cm³/mol. The number of nitrogens with one attached hydrogen (secondary N) is 2. The fourth-order valence-electron chi connectivity index (χ4n) is 3.09. The summed E-state index contributed by atoms with van der Waals surface area (Å²) in [4.78, 5) is 17.0. The number of H-pyrrole nitrogens is 1. The molecule has 4 rings (SSSR count). The van der Waals surface area contributed by atoms with Gasteiger partial charge in [-0.3, -0.25) is 14.9 Å². The zero-order chi connectivity index (χ0) is 17.8. The van der Waals surface area contributed by atoms with E-state index in [-0.39, 0.29) is 18.1 Å². The number of carbonyl (C=O) groups is 1. The Morgan fingerprint density at radius 3 is 3.04 bits per heavy atom. The number of ether oxygens (including phenoxy) is 2. The second-order valence-corrected chi connectivity index (χ2v) is 6.23. The molecule has 26 heavy (non-hydrogen) atoms. The summed E-state index contributed by atoms with van der Waals surface area (Å²) in [5, 5.41) is 10.9. The molecule has 0 saturated carbocycles. The van der Waals surface area contributed by atoms with Gasteiger partial charge in [-0.25, -0.2) is 0 Å². The van der Waals surface area contributed by atoms with Crippen molar-refractivity contribution in [2.24, 2.45) is 0 Å². The highest BCUT2D eigenvalue weighted by Gasteiger charge is 2.29. The molecule has 0 bridgehead atoms. The molecule has 3 aromatic rings. The third kappa shape index (κ3) is 3.58. The molecule has 0 aliphatic carbocycles. The van der Waals surface area contributed by atoms with Crippen molar-refractivity contribution in [2.45, 2.75) is 25.2 Å². The minimum absolute atomic E-state index is 0.129. The fraction of sp³-hybridized carbons (Fsp3) is 0.316. The molecular formula is C19H20N4O3. The molecule has 1 fully saturated rings. The summed E-state index contributed by atoms with van der Waals surface area (Å²) in [6, 6.07) is 13.1. The number of nitrogens with zero attached hydrogens (tertiary/aromatic N) is 2. The minimum atomic E-state index is -0.222. The first kappa shape index (κ1) is 16.7. The van der Waals surface area contributed by atoms with Crippen molar-refractivity contribution < 1.29 is 14.3 Å². The largest absolute Gasteiger partial charge is 0.379 e. The first-order valence-corrected chi connectivity index (χ1v) is 8.64. The Balaban J connectivity index is 1.43. The van der Waals surface area contributed by atoms with Gasteiger partial charge in [0.15, 0.2) is 5.69 Å². The number of aromatic amines is 1. The van der Waals surface area contributed by atoms with Crippen LogP contribution in [0, 0.1) is 0 Å². The lowest BCUT2D eigenvalue weighted by molar-refractivity contribution is -0.0743. The van der Waals surface area contributed by atoms with Gasteiger partial charge in [0.2, 0.25) is 0 Å². The standard InChI is InChI=1S/C19H20N4O3/c24-19(18-14-6-1-2-7-15(14)22-23-18)21-16-8-10-25-12-17(16)26-11-13-5-3-4-9-20-13/h1-7,9,16-17H,8,10-12H2,(H,21,24)(H,22,23)/t16-,17-/m1/s1. The van der Waals surface area contributed by atoms with Gasteiger partial charge in [-0.1, -0.05) is 24.3 Å². The van der Waals surface area contributed by atoms with E-state index in [1.54, 1.807) is 6.20 Å². The number of pyridine rings is 1. The predicted octanol–water partition coefficient (Wildman–Crippen LogP) is 2.06. The van der Waals surface area contributed by atoms with Gasteiger partial charge in [0.05, 0.1) is 30.5 Å². The molecule has 2 atom stereocenters. The quantitative estimate of drug-likeness (QED) is 0.734. The molecule has 1 aromatic carbocycles. The number of amides is 1. The van der Waals surface area contributed by atoms with Crippen molar-refractivity contribution in [3.05, 3.63) is 60.0 Å². The van der Waals surface area contributed by atoms with Crippen LogP contribution in [-0.4, -0.2) is 46.4 Å². The molecule has 1 saturated heterocycles. The molecule has 1 aliphatic heterocycles. The highest BCUT2D eigenvalue weighted by Crippen LogP contribution is 2.17. The average Bonchev–Trinajstić information content (AvgIpc) is 3.12. The first-order chi connectivity index (χ1) is 12.8. The van der Waals surface area contributed by atoms with Gasteiger partial charge in [-0.15, -0.1) is 0 Å². The Hall–Kier alpha value is -2.77. The van der Waals surface area contributed by atoms with E-state index in [1.165, 1.54) is 0 Å². The van der Waals surface area contributed by atoms with Gasteiger partial charge in [-0.2, -0.15) is 5.10 Å². The first-order valence-electron chi connectivity index (χ1n) is 8.64. The van der Waals surface area contributed by atoms with Crippen LogP contribution in [0.15, 0.2) is 48.7 Å². The lowest BCUT2D eigenvalue weighted by Crippen LogP contribution is -2.50. The molecule has 0 radical (unpaired) electrons. The SMILES string of the molecule is O=C(N[C@@H]1CCOC[C@H]1OCc1ccccn1)c1n[nH]c2ccccc12. The number of aromatic nitrogens is 3. The monoisotopic (exact) mass is 352 g/mol. The molecule has 2 N–H and O–H groups in total. The van der Waals surface area contributed by atoms with Crippen molar-refractivity contribution in [3.8, 4) is 0 Å². The fourth-order valence-corrected chi connectivity index (χ4v) is 3.09. The summed E-state index contributed by atoms with van der Waals surface area (Å²) in [6.07, 6.45) is 2.21. The topological polar surface area (TPSA) is 89.1 Å². The second kappa shape index (κ2) is 7.63. The van der Waals surface area contributed by atoms with E-state index in [9.17, 15) is 4.79 Å². The molecule has 1 amide bonds. The van der Waals surface area contributed by atoms with Crippen LogP contribution < -0.4 is 5.32 Å². The van der Waals surface area contributed by atoms with Crippen LogP contribution in [-0.2, 0) is 16.1 Å². The summed E-state index contributed by atoms with van der Waals surface area (Å²) in [5.74, 6) is -0.208. The van der Waals surface area contributed by atoms with E-state index in [0.717, 1.165) is 16.6 Å². The van der Waals surface area contributed by atoms with Crippen molar-refractivity contribution in [3.63, 3.8) is 0 Å². The Morgan fingerprint density at radius 1 is 1.27 bits per heavy atom. The van der Waals surface area contributed by atoms with Crippen LogP contribution in [0.1, 0.15) is 22.6 Å². The average molecular weight is 352 g/mol. The van der Waals surface area contributed by atoms with Crippen LogP contribution in [0.4, 0.5) is 0 Å². The van der Waals surface area contributed by atoms with E-state index >= 15 is 0 Å². The van der Waals surface area contributed by atoms with Crippen molar-refractivity contribution in [1.29, 1.82) is 0 Å². The van der Waals surface area contributed by atoms with E-state index in [4.69, 9.17) is 9.47 Å². The van der Waals surface area contributed by atoms with E-state index in [0.29, 0.717) is 31.9 Å². The summed E-state index contributed by atoms with van der Waals surface area (Å²) in [5.41, 5.74) is 2.09. The molecule has 7 nitrogen and oxygen atoms in total. The number of hydrogen-bond acceptors (Lipinski definition) is 5. The maximum Gasteiger partial charge on any atom is 0.272 e. The van der Waals surface area contributed by atoms with Crippen LogP contribution in [0.2, 0.25) is 0 Å². The van der Waals surface area contributed by atoms with Crippen molar-refractivity contribution in [1.82, 2.24) is 20.5 Å². The molecular weight excluding hydrogens is 332 g/mol. The van der Waals surface area contributed by atoms with E-state index in [1.807, 2.05) is 42.5 Å². The lowest BCUT2D eigenvalue weighted by atomic mass is 10.1. The smallest absolute Gasteiger partial charge is 0.272 e. The van der Waals surface area contributed by atoms with Gasteiger partial charge in [-0.05, 0) is 24.6 Å². The zero-order valence-corrected chi connectivity index (χ0v) is 14.2. The summed E-state index contributed by atoms with van der Waals surface area (Å²) < 4.78 is 11.5. The number of hydrogen-bond donors (Lipinski definition) is 2. The third-order valence-corrected chi connectivity index (χ3v) is 4.48. The maximum atomic E-state index is 12.7. The summed E-state index contributed by atoms with van der Waals surface area (Å²) in [7, 11) is 0. The molecule has 0 unspecified atom stereocenters. The Labute approximate surface area is 150 Å². The zero-order valence-electron chi connectivity index (χ0n) is 14.2. The maximum absolute atomic E-state index is 12.7. The summed E-state index contributed by atoms with van der Waals surface area (Å²) >= 11 is 0.